The zero-order valence-corrected chi connectivity index (χ0v) is 12.5. The summed E-state index contributed by atoms with van der Waals surface area (Å²) in [5, 5.41) is 0. The molecule has 2 N–H and O–H groups in total. The maximum absolute atomic E-state index is 5.80. The van der Waals surface area contributed by atoms with Gasteiger partial charge in [0.05, 0.1) is 11.0 Å². The number of benzene rings is 1. The molecular formula is C16H25N3. The molecule has 1 aromatic heterocycles. The SMILES string of the molecule is Cc1ccc2c(c1)nc(C(C)CCCC(C)N)n2C. The predicted molar refractivity (Wildman–Crippen MR) is 81.4 cm³/mol. The standard InChI is InChI=1S/C16H25N3/c1-11-8-9-15-14(10-11)18-16(19(15)4)12(2)6-5-7-13(3)17/h8-10,12-13H,5-7,17H2,1-4H3. The van der Waals surface area contributed by atoms with E-state index in [-0.39, 0.29) is 0 Å². The Balaban J connectivity index is 2.17. The molecule has 0 saturated carbocycles. The molecule has 0 aliphatic carbocycles. The third-order valence-corrected chi connectivity index (χ3v) is 3.81. The van der Waals surface area contributed by atoms with Crippen molar-refractivity contribution in [3.05, 3.63) is 29.6 Å². The second kappa shape index (κ2) is 5.74. The Kier molecular flexibility index (Phi) is 4.25. The monoisotopic (exact) mass is 259 g/mol. The molecule has 1 heterocycles. The summed E-state index contributed by atoms with van der Waals surface area (Å²) < 4.78 is 2.23. The summed E-state index contributed by atoms with van der Waals surface area (Å²) in [6.45, 7) is 6.44. The van der Waals surface area contributed by atoms with Crippen LogP contribution in [0.2, 0.25) is 0 Å². The van der Waals surface area contributed by atoms with Crippen molar-refractivity contribution in [3.63, 3.8) is 0 Å². The Labute approximate surface area is 115 Å². The number of hydrogen-bond donors (Lipinski definition) is 1. The number of aromatic nitrogens is 2. The van der Waals surface area contributed by atoms with E-state index in [1.807, 2.05) is 0 Å². The molecule has 1 aromatic carbocycles. The molecule has 2 atom stereocenters. The first-order chi connectivity index (χ1) is 8.99. The van der Waals surface area contributed by atoms with E-state index >= 15 is 0 Å². The fraction of sp³-hybridized carbons (Fsp3) is 0.562. The maximum atomic E-state index is 5.80. The third-order valence-electron chi connectivity index (χ3n) is 3.81. The fourth-order valence-corrected chi connectivity index (χ4v) is 2.64. The van der Waals surface area contributed by atoms with Crippen LogP contribution in [0.25, 0.3) is 11.0 Å². The first kappa shape index (κ1) is 14.1. The summed E-state index contributed by atoms with van der Waals surface area (Å²) in [4.78, 5) is 4.80. The van der Waals surface area contributed by atoms with Crippen molar-refractivity contribution in [1.82, 2.24) is 9.55 Å². The van der Waals surface area contributed by atoms with Crippen LogP contribution in [0.5, 0.6) is 0 Å². The van der Waals surface area contributed by atoms with Crippen LogP contribution >= 0.6 is 0 Å². The summed E-state index contributed by atoms with van der Waals surface area (Å²) >= 11 is 0. The van der Waals surface area contributed by atoms with E-state index in [2.05, 4.69) is 50.6 Å². The van der Waals surface area contributed by atoms with Gasteiger partial charge >= 0.3 is 0 Å². The molecule has 0 fully saturated rings. The van der Waals surface area contributed by atoms with Crippen molar-refractivity contribution in [2.75, 3.05) is 0 Å². The van der Waals surface area contributed by atoms with E-state index in [9.17, 15) is 0 Å². The molecule has 104 valence electrons. The molecule has 3 nitrogen and oxygen atoms in total. The van der Waals surface area contributed by atoms with E-state index < -0.39 is 0 Å². The predicted octanol–water partition coefficient (Wildman–Crippen LogP) is 3.50. The van der Waals surface area contributed by atoms with Gasteiger partial charge in [0, 0.05) is 19.0 Å². The minimum atomic E-state index is 0.301. The lowest BCUT2D eigenvalue weighted by Crippen LogP contribution is -2.14. The van der Waals surface area contributed by atoms with E-state index in [4.69, 9.17) is 10.7 Å². The van der Waals surface area contributed by atoms with Crippen LogP contribution in [0.4, 0.5) is 0 Å². The summed E-state index contributed by atoms with van der Waals surface area (Å²) in [5.41, 5.74) is 9.40. The van der Waals surface area contributed by atoms with Crippen molar-refractivity contribution in [2.24, 2.45) is 12.8 Å². The number of aryl methyl sites for hydroxylation is 2. The second-order valence-corrected chi connectivity index (χ2v) is 5.83. The normalized spacial score (nSPS) is 14.8. The molecule has 3 heteroatoms. The summed E-state index contributed by atoms with van der Waals surface area (Å²) in [6, 6.07) is 6.77. The molecular weight excluding hydrogens is 234 g/mol. The van der Waals surface area contributed by atoms with Gasteiger partial charge in [0.25, 0.3) is 0 Å². The third kappa shape index (κ3) is 3.16. The highest BCUT2D eigenvalue weighted by Crippen LogP contribution is 2.25. The molecule has 0 aliphatic heterocycles. The van der Waals surface area contributed by atoms with Crippen LogP contribution in [0.1, 0.15) is 50.4 Å². The van der Waals surface area contributed by atoms with Crippen LogP contribution in [0.3, 0.4) is 0 Å². The molecule has 0 aliphatic rings. The van der Waals surface area contributed by atoms with Gasteiger partial charge in [0.2, 0.25) is 0 Å². The highest BCUT2D eigenvalue weighted by Gasteiger charge is 2.14. The number of fused-ring (bicyclic) bond motifs is 1. The van der Waals surface area contributed by atoms with Crippen molar-refractivity contribution < 1.29 is 0 Å². The Bertz CT molecular complexity index is 554. The first-order valence-corrected chi connectivity index (χ1v) is 7.17. The molecule has 0 amide bonds. The average Bonchev–Trinajstić information content (AvgIpc) is 2.65. The number of imidazole rings is 1. The van der Waals surface area contributed by atoms with Crippen molar-refractivity contribution in [1.29, 1.82) is 0 Å². The van der Waals surface area contributed by atoms with E-state index in [1.165, 1.54) is 23.3 Å². The van der Waals surface area contributed by atoms with Gasteiger partial charge in [-0.1, -0.05) is 19.4 Å². The van der Waals surface area contributed by atoms with Gasteiger partial charge in [0.15, 0.2) is 0 Å². The van der Waals surface area contributed by atoms with Gasteiger partial charge in [-0.05, 0) is 44.4 Å². The number of hydrogen-bond acceptors (Lipinski definition) is 2. The van der Waals surface area contributed by atoms with Gasteiger partial charge in [-0.15, -0.1) is 0 Å². The van der Waals surface area contributed by atoms with Crippen LogP contribution in [0, 0.1) is 6.92 Å². The molecule has 19 heavy (non-hydrogen) atoms. The highest BCUT2D eigenvalue weighted by molar-refractivity contribution is 5.76. The topological polar surface area (TPSA) is 43.8 Å². The molecule has 0 spiro atoms. The zero-order valence-electron chi connectivity index (χ0n) is 12.5. The van der Waals surface area contributed by atoms with E-state index in [0.29, 0.717) is 12.0 Å². The van der Waals surface area contributed by atoms with Crippen LogP contribution < -0.4 is 5.73 Å². The largest absolute Gasteiger partial charge is 0.331 e. The molecule has 0 saturated heterocycles. The second-order valence-electron chi connectivity index (χ2n) is 5.83. The quantitative estimate of drug-likeness (QED) is 0.893. The minimum absolute atomic E-state index is 0.301. The molecule has 2 rings (SSSR count). The average molecular weight is 259 g/mol. The molecule has 2 unspecified atom stereocenters. The van der Waals surface area contributed by atoms with Gasteiger partial charge in [-0.3, -0.25) is 0 Å². The Morgan fingerprint density at radius 1 is 1.26 bits per heavy atom. The fourth-order valence-electron chi connectivity index (χ4n) is 2.64. The summed E-state index contributed by atoms with van der Waals surface area (Å²) in [6.07, 6.45) is 3.41. The highest BCUT2D eigenvalue weighted by atomic mass is 15.1. The minimum Gasteiger partial charge on any atom is -0.331 e. The van der Waals surface area contributed by atoms with Gasteiger partial charge in [-0.25, -0.2) is 4.98 Å². The van der Waals surface area contributed by atoms with Crippen LogP contribution in [-0.4, -0.2) is 15.6 Å². The van der Waals surface area contributed by atoms with Crippen LogP contribution in [0.15, 0.2) is 18.2 Å². The first-order valence-electron chi connectivity index (χ1n) is 7.17. The molecule has 2 aromatic rings. The van der Waals surface area contributed by atoms with Crippen molar-refractivity contribution in [3.8, 4) is 0 Å². The van der Waals surface area contributed by atoms with E-state index in [0.717, 1.165) is 18.4 Å². The van der Waals surface area contributed by atoms with Crippen molar-refractivity contribution in [2.45, 2.75) is 52.0 Å². The van der Waals surface area contributed by atoms with Crippen LogP contribution in [-0.2, 0) is 7.05 Å². The number of nitrogens with zero attached hydrogens (tertiary/aromatic N) is 2. The van der Waals surface area contributed by atoms with Gasteiger partial charge < -0.3 is 10.3 Å². The Hall–Kier alpha value is -1.35. The van der Waals surface area contributed by atoms with E-state index in [1.54, 1.807) is 0 Å². The van der Waals surface area contributed by atoms with Gasteiger partial charge in [-0.2, -0.15) is 0 Å². The lowest BCUT2D eigenvalue weighted by molar-refractivity contribution is 0.535. The van der Waals surface area contributed by atoms with Gasteiger partial charge in [0.1, 0.15) is 5.82 Å². The Morgan fingerprint density at radius 3 is 2.68 bits per heavy atom. The lowest BCUT2D eigenvalue weighted by Gasteiger charge is -2.12. The van der Waals surface area contributed by atoms with Crippen molar-refractivity contribution >= 4 is 11.0 Å². The smallest absolute Gasteiger partial charge is 0.112 e. The number of rotatable bonds is 5. The zero-order chi connectivity index (χ0) is 14.0. The summed E-state index contributed by atoms with van der Waals surface area (Å²) in [7, 11) is 2.11. The maximum Gasteiger partial charge on any atom is 0.112 e. The lowest BCUT2D eigenvalue weighted by atomic mass is 10.0. The number of nitrogens with two attached hydrogens (primary N) is 1. The summed E-state index contributed by atoms with van der Waals surface area (Å²) in [5.74, 6) is 1.67. The molecule has 0 bridgehead atoms. The molecule has 0 radical (unpaired) electrons. The Morgan fingerprint density at radius 2 is 2.00 bits per heavy atom.